The molecule has 5 nitrogen and oxygen atoms in total. The lowest BCUT2D eigenvalue weighted by Crippen LogP contribution is -2.31. The summed E-state index contributed by atoms with van der Waals surface area (Å²) >= 11 is 0. The number of nitrogens with zero attached hydrogens (tertiary/aromatic N) is 1. The lowest BCUT2D eigenvalue weighted by molar-refractivity contribution is 0.0759. The molecule has 0 atom stereocenters. The average molecular weight is 378 g/mol. The predicted molar refractivity (Wildman–Crippen MR) is 113 cm³/mol. The molecule has 0 radical (unpaired) electrons. The van der Waals surface area contributed by atoms with Crippen molar-refractivity contribution in [3.8, 4) is 11.1 Å². The molecule has 146 valence electrons. The van der Waals surface area contributed by atoms with E-state index in [0.29, 0.717) is 25.1 Å². The molecule has 1 aromatic heterocycles. The summed E-state index contributed by atoms with van der Waals surface area (Å²) in [5.41, 5.74) is 4.39. The van der Waals surface area contributed by atoms with E-state index in [9.17, 15) is 9.59 Å². The van der Waals surface area contributed by atoms with E-state index in [1.807, 2.05) is 50.2 Å². The number of hydrogen-bond donors (Lipinski definition) is 2. The van der Waals surface area contributed by atoms with Crippen molar-refractivity contribution in [1.82, 2.24) is 9.88 Å². The van der Waals surface area contributed by atoms with Gasteiger partial charge >= 0.3 is 0 Å². The maximum Gasteiger partial charge on any atom is 0.253 e. The fourth-order valence-corrected chi connectivity index (χ4v) is 3.41. The summed E-state index contributed by atoms with van der Waals surface area (Å²) in [6.45, 7) is 5.35. The molecule has 2 N–H and O–H groups in total. The molecule has 1 amide bonds. The number of benzene rings is 2. The molecule has 0 aliphatic carbocycles. The van der Waals surface area contributed by atoms with Gasteiger partial charge in [-0.2, -0.15) is 0 Å². The highest BCUT2D eigenvalue weighted by Crippen LogP contribution is 2.25. The first kappa shape index (κ1) is 19.8. The Balaban J connectivity index is 1.83. The number of nitrogens with one attached hydrogen (secondary N) is 1. The zero-order valence-electron chi connectivity index (χ0n) is 16.4. The van der Waals surface area contributed by atoms with E-state index < -0.39 is 0 Å². The number of rotatable bonds is 7. The number of aryl methyl sites for hydroxylation is 1. The number of aliphatic hydroxyl groups is 1. The van der Waals surface area contributed by atoms with Gasteiger partial charge in [0.05, 0.1) is 0 Å². The van der Waals surface area contributed by atoms with Crippen LogP contribution in [0.15, 0.2) is 53.3 Å². The van der Waals surface area contributed by atoms with Gasteiger partial charge in [-0.15, -0.1) is 0 Å². The average Bonchev–Trinajstić information content (AvgIpc) is 2.71. The Morgan fingerprint density at radius 2 is 1.75 bits per heavy atom. The van der Waals surface area contributed by atoms with E-state index in [0.717, 1.165) is 34.0 Å². The molecule has 28 heavy (non-hydrogen) atoms. The lowest BCUT2D eigenvalue weighted by atomic mass is 10.00. The van der Waals surface area contributed by atoms with Gasteiger partial charge in [0.25, 0.3) is 5.91 Å². The first-order chi connectivity index (χ1) is 13.5. The third-order valence-electron chi connectivity index (χ3n) is 5.02. The number of unbranched alkanes of at least 4 members (excludes halogenated alkanes) is 1. The van der Waals surface area contributed by atoms with E-state index in [1.54, 1.807) is 11.0 Å². The van der Waals surface area contributed by atoms with Crippen molar-refractivity contribution in [2.45, 2.75) is 26.7 Å². The fourth-order valence-electron chi connectivity index (χ4n) is 3.41. The van der Waals surface area contributed by atoms with Gasteiger partial charge in [0.15, 0.2) is 0 Å². The van der Waals surface area contributed by atoms with Crippen molar-refractivity contribution in [1.29, 1.82) is 0 Å². The number of aliphatic hydroxyl groups excluding tert-OH is 1. The summed E-state index contributed by atoms with van der Waals surface area (Å²) in [6.07, 6.45) is 1.50. The number of carbonyl (C=O) groups excluding carboxylic acids is 1. The molecule has 3 aromatic rings. The summed E-state index contributed by atoms with van der Waals surface area (Å²) in [7, 11) is 0. The summed E-state index contributed by atoms with van der Waals surface area (Å²) in [5, 5.41) is 9.93. The highest BCUT2D eigenvalue weighted by molar-refractivity contribution is 5.95. The maximum absolute atomic E-state index is 12.7. The highest BCUT2D eigenvalue weighted by atomic mass is 16.3. The SMILES string of the molecule is CCN(CCCCO)C(=O)c1ccc(-c2ccc3[nH]c(=O)cc(C)c3c2)cc1. The number of fused-ring (bicyclic) bond motifs is 1. The van der Waals surface area contributed by atoms with Gasteiger partial charge in [-0.05, 0) is 67.6 Å². The van der Waals surface area contributed by atoms with Crippen molar-refractivity contribution in [2.24, 2.45) is 0 Å². The molecule has 0 saturated heterocycles. The molecule has 0 saturated carbocycles. The second-order valence-corrected chi connectivity index (χ2v) is 6.97. The zero-order chi connectivity index (χ0) is 20.1. The molecule has 0 bridgehead atoms. The fraction of sp³-hybridized carbons (Fsp3) is 0.304. The number of aromatic nitrogens is 1. The second-order valence-electron chi connectivity index (χ2n) is 6.97. The molecule has 5 heteroatoms. The standard InChI is InChI=1S/C23H26N2O3/c1-3-25(12-4-5-13-26)23(28)18-8-6-17(7-9-18)19-10-11-21-20(15-19)16(2)14-22(27)24-21/h6-11,14-15,26H,3-5,12-13H2,1-2H3,(H,24,27). The Morgan fingerprint density at radius 1 is 1.04 bits per heavy atom. The van der Waals surface area contributed by atoms with Gasteiger partial charge in [0, 0.05) is 42.2 Å². The molecule has 0 fully saturated rings. The van der Waals surface area contributed by atoms with Gasteiger partial charge < -0.3 is 15.0 Å². The van der Waals surface area contributed by atoms with Crippen LogP contribution >= 0.6 is 0 Å². The number of aromatic amines is 1. The Bertz CT molecular complexity index is 1020. The minimum Gasteiger partial charge on any atom is -0.396 e. The number of H-pyrrole nitrogens is 1. The molecule has 3 rings (SSSR count). The summed E-state index contributed by atoms with van der Waals surface area (Å²) < 4.78 is 0. The molecule has 1 heterocycles. The van der Waals surface area contributed by atoms with Crippen LogP contribution in [-0.2, 0) is 0 Å². The summed E-state index contributed by atoms with van der Waals surface area (Å²) in [5.74, 6) is 0.0129. The van der Waals surface area contributed by atoms with Crippen LogP contribution in [0, 0.1) is 6.92 Å². The highest BCUT2D eigenvalue weighted by Gasteiger charge is 2.14. The largest absolute Gasteiger partial charge is 0.396 e. The zero-order valence-corrected chi connectivity index (χ0v) is 16.4. The van der Waals surface area contributed by atoms with Gasteiger partial charge in [0.2, 0.25) is 5.56 Å². The van der Waals surface area contributed by atoms with Gasteiger partial charge in [-0.25, -0.2) is 0 Å². The maximum atomic E-state index is 12.7. The van der Waals surface area contributed by atoms with E-state index in [1.165, 1.54) is 0 Å². The normalized spacial score (nSPS) is 11.0. The van der Waals surface area contributed by atoms with Gasteiger partial charge in [-0.1, -0.05) is 18.2 Å². The predicted octanol–water partition coefficient (Wildman–Crippen LogP) is 3.74. The van der Waals surface area contributed by atoms with Crippen LogP contribution in [-0.4, -0.2) is 40.6 Å². The van der Waals surface area contributed by atoms with Gasteiger partial charge in [0.1, 0.15) is 0 Å². The van der Waals surface area contributed by atoms with Crippen LogP contribution in [0.5, 0.6) is 0 Å². The molecule has 0 spiro atoms. The van der Waals surface area contributed by atoms with Crippen molar-refractivity contribution < 1.29 is 9.90 Å². The molecular weight excluding hydrogens is 352 g/mol. The van der Waals surface area contributed by atoms with E-state index in [2.05, 4.69) is 11.1 Å². The van der Waals surface area contributed by atoms with E-state index in [4.69, 9.17) is 5.11 Å². The first-order valence-electron chi connectivity index (χ1n) is 9.67. The molecule has 0 aliphatic rings. The summed E-state index contributed by atoms with van der Waals surface area (Å²) in [6, 6.07) is 15.2. The van der Waals surface area contributed by atoms with E-state index >= 15 is 0 Å². The quantitative estimate of drug-likeness (QED) is 0.615. The number of hydrogen-bond acceptors (Lipinski definition) is 3. The molecule has 2 aromatic carbocycles. The monoisotopic (exact) mass is 378 g/mol. The van der Waals surface area contributed by atoms with Crippen molar-refractivity contribution in [3.63, 3.8) is 0 Å². The molecular formula is C23H26N2O3. The molecule has 0 aliphatic heterocycles. The van der Waals surface area contributed by atoms with E-state index in [-0.39, 0.29) is 18.1 Å². The Hall–Kier alpha value is -2.92. The van der Waals surface area contributed by atoms with Crippen LogP contribution in [0.2, 0.25) is 0 Å². The topological polar surface area (TPSA) is 73.4 Å². The lowest BCUT2D eigenvalue weighted by Gasteiger charge is -2.21. The number of amides is 1. The van der Waals surface area contributed by atoms with Crippen LogP contribution in [0.4, 0.5) is 0 Å². The summed E-state index contributed by atoms with van der Waals surface area (Å²) in [4.78, 5) is 29.0. The second kappa shape index (κ2) is 8.85. The van der Waals surface area contributed by atoms with Crippen molar-refractivity contribution in [2.75, 3.05) is 19.7 Å². The number of pyridine rings is 1. The van der Waals surface area contributed by atoms with Crippen LogP contribution in [0.1, 0.15) is 35.7 Å². The van der Waals surface area contributed by atoms with Crippen LogP contribution in [0.25, 0.3) is 22.0 Å². The minimum absolute atomic E-state index is 0.0129. The third kappa shape index (κ3) is 4.31. The number of carbonyl (C=O) groups is 1. The van der Waals surface area contributed by atoms with Crippen molar-refractivity contribution in [3.05, 3.63) is 70.0 Å². The third-order valence-corrected chi connectivity index (χ3v) is 5.02. The first-order valence-corrected chi connectivity index (χ1v) is 9.67. The minimum atomic E-state index is -0.0971. The Labute approximate surface area is 164 Å². The van der Waals surface area contributed by atoms with Gasteiger partial charge in [-0.3, -0.25) is 9.59 Å². The smallest absolute Gasteiger partial charge is 0.253 e. The van der Waals surface area contributed by atoms with Crippen molar-refractivity contribution >= 4 is 16.8 Å². The Morgan fingerprint density at radius 3 is 2.43 bits per heavy atom. The van der Waals surface area contributed by atoms with Crippen LogP contribution < -0.4 is 5.56 Å². The Kier molecular flexibility index (Phi) is 6.26. The van der Waals surface area contributed by atoms with Crippen LogP contribution in [0.3, 0.4) is 0 Å². The molecule has 0 unspecified atom stereocenters.